The lowest BCUT2D eigenvalue weighted by Crippen LogP contribution is -2.36. The van der Waals surface area contributed by atoms with Crippen LogP contribution in [0, 0.1) is 0 Å². The summed E-state index contributed by atoms with van der Waals surface area (Å²) >= 11 is 0. The second-order valence-corrected chi connectivity index (χ2v) is 7.60. The molecule has 3 heterocycles. The maximum Gasteiger partial charge on any atom is 0.251 e. The molecule has 29 heavy (non-hydrogen) atoms. The third-order valence-electron chi connectivity index (χ3n) is 5.57. The van der Waals surface area contributed by atoms with E-state index in [9.17, 15) is 4.79 Å². The summed E-state index contributed by atoms with van der Waals surface area (Å²) in [6.07, 6.45) is 9.52. The highest BCUT2D eigenvalue weighted by Crippen LogP contribution is 2.29. The van der Waals surface area contributed by atoms with Crippen LogP contribution in [0.25, 0.3) is 33.8 Å². The van der Waals surface area contributed by atoms with Crippen LogP contribution in [-0.2, 0) is 0 Å². The lowest BCUT2D eigenvalue weighted by molar-refractivity contribution is 0.0928. The number of nitrogens with one attached hydrogen (secondary N) is 3. The first-order chi connectivity index (χ1) is 14.3. The van der Waals surface area contributed by atoms with Gasteiger partial charge in [-0.25, -0.2) is 9.97 Å². The summed E-state index contributed by atoms with van der Waals surface area (Å²) in [6, 6.07) is 13.7. The van der Waals surface area contributed by atoms with Crippen LogP contribution in [0.5, 0.6) is 0 Å². The van der Waals surface area contributed by atoms with Gasteiger partial charge < -0.3 is 15.3 Å². The summed E-state index contributed by atoms with van der Waals surface area (Å²) in [6.45, 7) is 0. The molecule has 3 aromatic heterocycles. The molecular formula is C23H23N5O. The van der Waals surface area contributed by atoms with Crippen molar-refractivity contribution in [2.24, 2.45) is 0 Å². The number of fused-ring (bicyclic) bond motifs is 1. The van der Waals surface area contributed by atoms with Crippen molar-refractivity contribution in [1.29, 1.82) is 0 Å². The topological polar surface area (TPSA) is 86.5 Å². The summed E-state index contributed by atoms with van der Waals surface area (Å²) < 4.78 is 0. The van der Waals surface area contributed by atoms with Crippen molar-refractivity contribution in [3.63, 3.8) is 0 Å². The third kappa shape index (κ3) is 3.53. The average Bonchev–Trinajstić information content (AvgIpc) is 3.47. The molecule has 1 fully saturated rings. The van der Waals surface area contributed by atoms with Gasteiger partial charge in [-0.2, -0.15) is 0 Å². The van der Waals surface area contributed by atoms with Crippen LogP contribution in [0.4, 0.5) is 0 Å². The quantitative estimate of drug-likeness (QED) is 0.477. The zero-order valence-electron chi connectivity index (χ0n) is 16.1. The SMILES string of the molecule is O=C(NC1CCCCC1)c1ccc2nc(-c3ccc[nH]3)c(-c3ccc[nH]3)nc2c1. The fraction of sp³-hybridized carbons (Fsp3) is 0.261. The Bertz CT molecular complexity index is 1130. The summed E-state index contributed by atoms with van der Waals surface area (Å²) in [5.41, 5.74) is 5.44. The molecule has 1 saturated carbocycles. The van der Waals surface area contributed by atoms with Crippen LogP contribution < -0.4 is 5.32 Å². The molecule has 3 N–H and O–H groups in total. The van der Waals surface area contributed by atoms with Crippen molar-refractivity contribution in [2.45, 2.75) is 38.1 Å². The first kappa shape index (κ1) is 17.7. The molecule has 1 aliphatic rings. The Labute approximate surface area is 168 Å². The zero-order chi connectivity index (χ0) is 19.6. The average molecular weight is 385 g/mol. The molecule has 0 saturated heterocycles. The lowest BCUT2D eigenvalue weighted by atomic mass is 9.95. The molecule has 1 aromatic carbocycles. The maximum absolute atomic E-state index is 12.8. The molecule has 6 heteroatoms. The van der Waals surface area contributed by atoms with Crippen LogP contribution in [0.2, 0.25) is 0 Å². The lowest BCUT2D eigenvalue weighted by Gasteiger charge is -2.22. The van der Waals surface area contributed by atoms with Gasteiger partial charge in [0.1, 0.15) is 11.4 Å². The van der Waals surface area contributed by atoms with Crippen LogP contribution in [0.3, 0.4) is 0 Å². The highest BCUT2D eigenvalue weighted by molar-refractivity contribution is 5.98. The van der Waals surface area contributed by atoms with E-state index < -0.39 is 0 Å². The first-order valence-corrected chi connectivity index (χ1v) is 10.2. The number of carbonyl (C=O) groups excluding carboxylic acids is 1. The minimum Gasteiger partial charge on any atom is -0.360 e. The number of aromatic amines is 2. The molecular weight excluding hydrogens is 362 g/mol. The molecule has 146 valence electrons. The smallest absolute Gasteiger partial charge is 0.251 e. The van der Waals surface area contributed by atoms with Gasteiger partial charge in [0, 0.05) is 24.0 Å². The summed E-state index contributed by atoms with van der Waals surface area (Å²) in [4.78, 5) is 28.9. The molecule has 1 aliphatic carbocycles. The van der Waals surface area contributed by atoms with Crippen molar-refractivity contribution in [3.8, 4) is 22.8 Å². The second-order valence-electron chi connectivity index (χ2n) is 7.60. The van der Waals surface area contributed by atoms with E-state index in [0.29, 0.717) is 11.1 Å². The zero-order valence-corrected chi connectivity index (χ0v) is 16.1. The molecule has 1 amide bonds. The van der Waals surface area contributed by atoms with E-state index >= 15 is 0 Å². The molecule has 6 nitrogen and oxygen atoms in total. The standard InChI is InChI=1S/C23H23N5O/c29-23(26-16-6-2-1-3-7-16)15-10-11-17-20(14-15)28-22(19-9-5-13-25-19)21(27-17)18-8-4-12-24-18/h4-5,8-14,16,24-25H,1-3,6-7H2,(H,26,29). The number of H-pyrrole nitrogens is 2. The Balaban J connectivity index is 1.54. The number of carbonyl (C=O) groups is 1. The Hall–Kier alpha value is -3.41. The van der Waals surface area contributed by atoms with Gasteiger partial charge in [-0.3, -0.25) is 4.79 Å². The number of benzene rings is 1. The van der Waals surface area contributed by atoms with Crippen LogP contribution >= 0.6 is 0 Å². The molecule has 5 rings (SSSR count). The Morgan fingerprint density at radius 3 is 2.14 bits per heavy atom. The highest BCUT2D eigenvalue weighted by atomic mass is 16.1. The van der Waals surface area contributed by atoms with E-state index in [4.69, 9.17) is 9.97 Å². The fourth-order valence-electron chi connectivity index (χ4n) is 4.04. The van der Waals surface area contributed by atoms with Gasteiger partial charge in [-0.1, -0.05) is 19.3 Å². The minimum absolute atomic E-state index is 0.0320. The Morgan fingerprint density at radius 2 is 1.52 bits per heavy atom. The predicted octanol–water partition coefficient (Wildman–Crippen LogP) is 4.68. The molecule has 0 spiro atoms. The number of hydrogen-bond donors (Lipinski definition) is 3. The Morgan fingerprint density at radius 1 is 0.862 bits per heavy atom. The first-order valence-electron chi connectivity index (χ1n) is 10.2. The number of hydrogen-bond acceptors (Lipinski definition) is 3. The highest BCUT2D eigenvalue weighted by Gasteiger charge is 2.18. The number of rotatable bonds is 4. The van der Waals surface area contributed by atoms with Crippen LogP contribution in [0.1, 0.15) is 42.5 Å². The molecule has 0 atom stereocenters. The van der Waals surface area contributed by atoms with Crippen molar-refractivity contribution < 1.29 is 4.79 Å². The summed E-state index contributed by atoms with van der Waals surface area (Å²) in [7, 11) is 0. The van der Waals surface area contributed by atoms with E-state index in [0.717, 1.165) is 41.1 Å². The largest absolute Gasteiger partial charge is 0.360 e. The number of nitrogens with zero attached hydrogens (tertiary/aromatic N) is 2. The molecule has 0 radical (unpaired) electrons. The van der Waals surface area contributed by atoms with Gasteiger partial charge in [-0.15, -0.1) is 0 Å². The van der Waals surface area contributed by atoms with Gasteiger partial charge in [0.15, 0.2) is 0 Å². The van der Waals surface area contributed by atoms with E-state index in [1.807, 2.05) is 54.9 Å². The van der Waals surface area contributed by atoms with Gasteiger partial charge in [0.2, 0.25) is 0 Å². The summed E-state index contributed by atoms with van der Waals surface area (Å²) in [5, 5.41) is 3.18. The molecule has 0 unspecified atom stereocenters. The molecule has 4 aromatic rings. The fourth-order valence-corrected chi connectivity index (χ4v) is 4.04. The Kier molecular flexibility index (Phi) is 4.60. The normalized spacial score (nSPS) is 14.9. The van der Waals surface area contributed by atoms with E-state index in [1.165, 1.54) is 19.3 Å². The minimum atomic E-state index is -0.0320. The third-order valence-corrected chi connectivity index (χ3v) is 5.57. The van der Waals surface area contributed by atoms with E-state index in [1.54, 1.807) is 0 Å². The number of aromatic nitrogens is 4. The van der Waals surface area contributed by atoms with Gasteiger partial charge >= 0.3 is 0 Å². The number of amides is 1. The maximum atomic E-state index is 12.8. The van der Waals surface area contributed by atoms with Crippen molar-refractivity contribution >= 4 is 16.9 Å². The predicted molar refractivity (Wildman–Crippen MR) is 113 cm³/mol. The van der Waals surface area contributed by atoms with E-state index in [-0.39, 0.29) is 11.9 Å². The van der Waals surface area contributed by atoms with Crippen LogP contribution in [0.15, 0.2) is 54.9 Å². The van der Waals surface area contributed by atoms with E-state index in [2.05, 4.69) is 15.3 Å². The van der Waals surface area contributed by atoms with Crippen molar-refractivity contribution in [1.82, 2.24) is 25.3 Å². The summed E-state index contributed by atoms with van der Waals surface area (Å²) in [5.74, 6) is -0.0320. The van der Waals surface area contributed by atoms with Gasteiger partial charge in [0.05, 0.1) is 22.4 Å². The van der Waals surface area contributed by atoms with Gasteiger partial charge in [0.25, 0.3) is 5.91 Å². The van der Waals surface area contributed by atoms with Crippen molar-refractivity contribution in [2.75, 3.05) is 0 Å². The molecule has 0 aliphatic heterocycles. The van der Waals surface area contributed by atoms with Gasteiger partial charge in [-0.05, 0) is 55.3 Å². The van der Waals surface area contributed by atoms with Crippen molar-refractivity contribution in [3.05, 3.63) is 60.4 Å². The second kappa shape index (κ2) is 7.54. The van der Waals surface area contributed by atoms with Crippen LogP contribution in [-0.4, -0.2) is 31.9 Å². The monoisotopic (exact) mass is 385 g/mol. The molecule has 0 bridgehead atoms.